The fourth-order valence-corrected chi connectivity index (χ4v) is 3.67. The van der Waals surface area contributed by atoms with E-state index in [1.807, 2.05) is 43.4 Å². The van der Waals surface area contributed by atoms with Crippen molar-refractivity contribution in [2.24, 2.45) is 0 Å². The SMILES string of the molecule is CNC(C#N)(CSc1cccs1)c1ccccc1. The van der Waals surface area contributed by atoms with Crippen LogP contribution < -0.4 is 5.32 Å². The summed E-state index contributed by atoms with van der Waals surface area (Å²) in [5.41, 5.74) is 0.384. The quantitative estimate of drug-likeness (QED) is 0.848. The molecule has 0 spiro atoms. The van der Waals surface area contributed by atoms with Gasteiger partial charge >= 0.3 is 0 Å². The van der Waals surface area contributed by atoms with Gasteiger partial charge in [-0.05, 0) is 24.1 Å². The second kappa shape index (κ2) is 6.05. The van der Waals surface area contributed by atoms with Gasteiger partial charge in [-0.2, -0.15) is 5.26 Å². The van der Waals surface area contributed by atoms with Crippen LogP contribution in [0.5, 0.6) is 0 Å². The zero-order valence-electron chi connectivity index (χ0n) is 10.1. The van der Waals surface area contributed by atoms with Gasteiger partial charge in [0.2, 0.25) is 0 Å². The smallest absolute Gasteiger partial charge is 0.141 e. The maximum atomic E-state index is 9.54. The van der Waals surface area contributed by atoms with Crippen molar-refractivity contribution in [3.63, 3.8) is 0 Å². The van der Waals surface area contributed by atoms with Gasteiger partial charge in [-0.3, -0.25) is 5.32 Å². The van der Waals surface area contributed by atoms with Gasteiger partial charge in [0, 0.05) is 5.75 Å². The highest BCUT2D eigenvalue weighted by atomic mass is 32.2. The van der Waals surface area contributed by atoms with Crippen molar-refractivity contribution in [1.29, 1.82) is 5.26 Å². The highest BCUT2D eigenvalue weighted by Gasteiger charge is 2.30. The summed E-state index contributed by atoms with van der Waals surface area (Å²) in [7, 11) is 1.84. The predicted octanol–water partition coefficient (Wildman–Crippen LogP) is 3.48. The van der Waals surface area contributed by atoms with Crippen molar-refractivity contribution in [3.05, 3.63) is 53.4 Å². The van der Waals surface area contributed by atoms with Crippen LogP contribution in [0.15, 0.2) is 52.1 Å². The van der Waals surface area contributed by atoms with Crippen molar-refractivity contribution in [3.8, 4) is 6.07 Å². The number of benzene rings is 1. The van der Waals surface area contributed by atoms with Crippen LogP contribution in [-0.2, 0) is 5.54 Å². The molecule has 92 valence electrons. The zero-order valence-corrected chi connectivity index (χ0v) is 11.7. The summed E-state index contributed by atoms with van der Waals surface area (Å²) in [6.07, 6.45) is 0. The van der Waals surface area contributed by atoms with Gasteiger partial charge in [0.15, 0.2) is 0 Å². The Hall–Kier alpha value is -1.28. The van der Waals surface area contributed by atoms with Crippen molar-refractivity contribution < 1.29 is 0 Å². The fourth-order valence-electron chi connectivity index (χ4n) is 1.70. The molecule has 0 amide bonds. The Bertz CT molecular complexity index is 516. The first-order valence-electron chi connectivity index (χ1n) is 5.63. The van der Waals surface area contributed by atoms with Crippen molar-refractivity contribution in [1.82, 2.24) is 5.32 Å². The molecule has 0 saturated carbocycles. The van der Waals surface area contributed by atoms with E-state index < -0.39 is 5.54 Å². The number of nitriles is 1. The van der Waals surface area contributed by atoms with Gasteiger partial charge in [-0.1, -0.05) is 36.4 Å². The van der Waals surface area contributed by atoms with E-state index in [4.69, 9.17) is 0 Å². The molecule has 0 aliphatic carbocycles. The molecule has 0 fully saturated rings. The Labute approximate surface area is 116 Å². The lowest BCUT2D eigenvalue weighted by molar-refractivity contribution is 0.528. The topological polar surface area (TPSA) is 35.8 Å². The molecule has 0 aliphatic heterocycles. The summed E-state index contributed by atoms with van der Waals surface area (Å²) in [6.45, 7) is 0. The molecular weight excluding hydrogens is 260 g/mol. The van der Waals surface area contributed by atoms with E-state index in [-0.39, 0.29) is 0 Å². The average Bonchev–Trinajstić information content (AvgIpc) is 2.95. The monoisotopic (exact) mass is 274 g/mol. The molecule has 1 aromatic heterocycles. The molecule has 2 rings (SSSR count). The zero-order chi connectivity index (χ0) is 12.8. The van der Waals surface area contributed by atoms with E-state index in [0.717, 1.165) is 5.56 Å². The third-order valence-corrected chi connectivity index (χ3v) is 5.11. The largest absolute Gasteiger partial charge is 0.298 e. The van der Waals surface area contributed by atoms with E-state index in [1.54, 1.807) is 23.1 Å². The standard InChI is InChI=1S/C14H14N2S2/c1-16-14(10-15,12-6-3-2-4-7-12)11-18-13-8-5-9-17-13/h2-9,16H,11H2,1H3. The molecule has 2 nitrogen and oxygen atoms in total. The van der Waals surface area contributed by atoms with Crippen LogP contribution in [0.1, 0.15) is 5.56 Å². The van der Waals surface area contributed by atoms with Crippen LogP contribution >= 0.6 is 23.1 Å². The third-order valence-electron chi connectivity index (χ3n) is 2.81. The Morgan fingerprint density at radius 3 is 2.61 bits per heavy atom. The Morgan fingerprint density at radius 1 is 1.28 bits per heavy atom. The molecule has 4 heteroatoms. The minimum absolute atomic E-state index is 0.629. The lowest BCUT2D eigenvalue weighted by Gasteiger charge is -2.26. The Morgan fingerprint density at radius 2 is 2.06 bits per heavy atom. The maximum absolute atomic E-state index is 9.54. The lowest BCUT2D eigenvalue weighted by atomic mass is 9.94. The molecule has 0 radical (unpaired) electrons. The normalized spacial score (nSPS) is 13.8. The number of thioether (sulfide) groups is 1. The number of nitrogens with one attached hydrogen (secondary N) is 1. The van der Waals surface area contributed by atoms with Crippen molar-refractivity contribution in [2.75, 3.05) is 12.8 Å². The summed E-state index contributed by atoms with van der Waals surface area (Å²) in [6, 6.07) is 16.4. The lowest BCUT2D eigenvalue weighted by Crippen LogP contribution is -2.41. The molecule has 1 atom stereocenters. The van der Waals surface area contributed by atoms with E-state index in [9.17, 15) is 5.26 Å². The molecule has 0 bridgehead atoms. The number of hydrogen-bond acceptors (Lipinski definition) is 4. The van der Waals surface area contributed by atoms with Gasteiger partial charge in [-0.25, -0.2) is 0 Å². The van der Waals surface area contributed by atoms with Crippen LogP contribution in [0.2, 0.25) is 0 Å². The summed E-state index contributed by atoms with van der Waals surface area (Å²) in [5.74, 6) is 0.699. The van der Waals surface area contributed by atoms with Crippen molar-refractivity contribution in [2.45, 2.75) is 9.75 Å². The van der Waals surface area contributed by atoms with E-state index >= 15 is 0 Å². The maximum Gasteiger partial charge on any atom is 0.141 e. The molecule has 1 aromatic carbocycles. The number of nitrogens with zero attached hydrogens (tertiary/aromatic N) is 1. The first-order chi connectivity index (χ1) is 8.80. The molecular formula is C14H14N2S2. The molecule has 1 unspecified atom stereocenters. The molecule has 2 aromatic rings. The number of rotatable bonds is 5. The fraction of sp³-hybridized carbons (Fsp3) is 0.214. The van der Waals surface area contributed by atoms with E-state index in [2.05, 4.69) is 22.8 Å². The third kappa shape index (κ3) is 2.75. The van der Waals surface area contributed by atoms with E-state index in [0.29, 0.717) is 5.75 Å². The van der Waals surface area contributed by atoms with Crippen LogP contribution in [0.4, 0.5) is 0 Å². The van der Waals surface area contributed by atoms with Crippen LogP contribution in [0.3, 0.4) is 0 Å². The van der Waals surface area contributed by atoms with Crippen LogP contribution in [-0.4, -0.2) is 12.8 Å². The Balaban J connectivity index is 2.20. The van der Waals surface area contributed by atoms with Gasteiger partial charge in [0.05, 0.1) is 10.3 Å². The van der Waals surface area contributed by atoms with Crippen LogP contribution in [0, 0.1) is 11.3 Å². The highest BCUT2D eigenvalue weighted by Crippen LogP contribution is 2.31. The summed E-state index contributed by atoms with van der Waals surface area (Å²) < 4.78 is 1.24. The van der Waals surface area contributed by atoms with Gasteiger partial charge < -0.3 is 0 Å². The predicted molar refractivity (Wildman–Crippen MR) is 77.8 cm³/mol. The van der Waals surface area contributed by atoms with Crippen LogP contribution in [0.25, 0.3) is 0 Å². The first kappa shape index (κ1) is 13.2. The molecule has 1 N–H and O–H groups in total. The summed E-state index contributed by atoms with van der Waals surface area (Å²) in [4.78, 5) is 0. The minimum atomic E-state index is -0.629. The van der Waals surface area contributed by atoms with E-state index in [1.165, 1.54) is 4.21 Å². The minimum Gasteiger partial charge on any atom is -0.298 e. The molecule has 18 heavy (non-hydrogen) atoms. The van der Waals surface area contributed by atoms with Gasteiger partial charge in [0.25, 0.3) is 0 Å². The van der Waals surface area contributed by atoms with Gasteiger partial charge in [-0.15, -0.1) is 23.1 Å². The summed E-state index contributed by atoms with van der Waals surface area (Å²) >= 11 is 3.42. The summed E-state index contributed by atoms with van der Waals surface area (Å²) in [5, 5.41) is 14.8. The molecule has 0 saturated heterocycles. The average molecular weight is 274 g/mol. The Kier molecular flexibility index (Phi) is 4.43. The highest BCUT2D eigenvalue weighted by molar-refractivity contribution is 8.01. The first-order valence-corrected chi connectivity index (χ1v) is 7.49. The molecule has 0 aliphatic rings. The van der Waals surface area contributed by atoms with Gasteiger partial charge in [0.1, 0.15) is 5.54 Å². The number of hydrogen-bond donors (Lipinski definition) is 1. The second-order valence-electron chi connectivity index (χ2n) is 3.85. The van der Waals surface area contributed by atoms with Crippen molar-refractivity contribution >= 4 is 23.1 Å². The molecule has 1 heterocycles. The number of thiophene rings is 1. The second-order valence-corrected chi connectivity index (χ2v) is 6.08.